The van der Waals surface area contributed by atoms with Crippen LogP contribution in [0.2, 0.25) is 0 Å². The Labute approximate surface area is 108 Å². The van der Waals surface area contributed by atoms with Crippen molar-refractivity contribution >= 4 is 28.9 Å². The summed E-state index contributed by atoms with van der Waals surface area (Å²) in [4.78, 5) is 10.4. The molecule has 17 heavy (non-hydrogen) atoms. The zero-order chi connectivity index (χ0) is 12.7. The van der Waals surface area contributed by atoms with Crippen molar-refractivity contribution in [3.8, 4) is 11.5 Å². The van der Waals surface area contributed by atoms with Crippen molar-refractivity contribution < 1.29 is 14.4 Å². The van der Waals surface area contributed by atoms with E-state index in [2.05, 4.69) is 0 Å². The molecule has 0 radical (unpaired) electrons. The summed E-state index contributed by atoms with van der Waals surface area (Å²) >= 11 is 10.9. The Kier molecular flexibility index (Phi) is 5.86. The number of rotatable bonds is 7. The molecule has 0 aliphatic heterocycles. The van der Waals surface area contributed by atoms with Gasteiger partial charge in [-0.2, -0.15) is 0 Å². The molecule has 0 heterocycles. The molecule has 0 saturated heterocycles. The number of alkyl halides is 2. The molecule has 0 saturated carbocycles. The van der Waals surface area contributed by atoms with Crippen molar-refractivity contribution in [2.24, 2.45) is 0 Å². The van der Waals surface area contributed by atoms with Gasteiger partial charge >= 0.3 is 5.69 Å². The lowest BCUT2D eigenvalue weighted by Crippen LogP contribution is -2.05. The molecule has 0 N–H and O–H groups in total. The van der Waals surface area contributed by atoms with E-state index in [1.165, 1.54) is 12.1 Å². The Bertz CT molecular complexity index is 360. The van der Waals surface area contributed by atoms with Gasteiger partial charge in [-0.15, -0.1) is 23.2 Å². The summed E-state index contributed by atoms with van der Waals surface area (Å²) in [5.74, 6) is 0.791. The number of ether oxygens (including phenoxy) is 2. The normalized spacial score (nSPS) is 10.0. The standard InChI is InChI=1S/C10H11Cl2NO4/c11-4-6-16-8-2-1-3-9(17-7-5-12)10(8)13(14)15/h1-3H,4-7H2. The summed E-state index contributed by atoms with van der Waals surface area (Å²) < 4.78 is 10.4. The third-order valence-corrected chi connectivity index (χ3v) is 2.12. The van der Waals surface area contributed by atoms with Crippen LogP contribution in [0.3, 0.4) is 0 Å². The van der Waals surface area contributed by atoms with Gasteiger partial charge < -0.3 is 9.47 Å². The van der Waals surface area contributed by atoms with Crippen molar-refractivity contribution in [1.29, 1.82) is 0 Å². The zero-order valence-electron chi connectivity index (χ0n) is 8.90. The van der Waals surface area contributed by atoms with E-state index >= 15 is 0 Å². The lowest BCUT2D eigenvalue weighted by atomic mass is 10.2. The molecule has 1 rings (SSSR count). The summed E-state index contributed by atoms with van der Waals surface area (Å²) in [5.41, 5.74) is -0.206. The lowest BCUT2D eigenvalue weighted by molar-refractivity contribution is -0.386. The minimum absolute atomic E-state index is 0.141. The first-order valence-electron chi connectivity index (χ1n) is 4.85. The Balaban J connectivity index is 2.99. The summed E-state index contributed by atoms with van der Waals surface area (Å²) in [7, 11) is 0. The molecular formula is C10H11Cl2NO4. The van der Waals surface area contributed by atoms with Gasteiger partial charge in [0.2, 0.25) is 11.5 Å². The predicted octanol–water partition coefficient (Wildman–Crippen LogP) is 2.83. The Hall–Kier alpha value is -1.20. The number of para-hydroxylation sites is 1. The topological polar surface area (TPSA) is 61.6 Å². The summed E-state index contributed by atoms with van der Waals surface area (Å²) in [6.45, 7) is 0.392. The highest BCUT2D eigenvalue weighted by atomic mass is 35.5. The van der Waals surface area contributed by atoms with E-state index in [4.69, 9.17) is 32.7 Å². The van der Waals surface area contributed by atoms with E-state index in [-0.39, 0.29) is 42.2 Å². The molecule has 5 nitrogen and oxygen atoms in total. The minimum atomic E-state index is -0.548. The summed E-state index contributed by atoms with van der Waals surface area (Å²) in [6, 6.07) is 4.61. The highest BCUT2D eigenvalue weighted by molar-refractivity contribution is 6.18. The number of benzene rings is 1. The molecule has 0 spiro atoms. The SMILES string of the molecule is O=[N+]([O-])c1c(OCCCl)cccc1OCCCl. The maximum Gasteiger partial charge on any atom is 0.352 e. The number of nitro groups is 1. The number of hydrogen-bond acceptors (Lipinski definition) is 4. The number of nitro benzene ring substituents is 1. The van der Waals surface area contributed by atoms with Crippen molar-refractivity contribution in [3.05, 3.63) is 28.3 Å². The average molecular weight is 280 g/mol. The van der Waals surface area contributed by atoms with Crippen LogP contribution in [0.15, 0.2) is 18.2 Å². The Morgan fingerprint density at radius 2 is 1.59 bits per heavy atom. The Morgan fingerprint density at radius 1 is 1.12 bits per heavy atom. The number of nitrogens with zero attached hydrogens (tertiary/aromatic N) is 1. The maximum absolute atomic E-state index is 10.9. The smallest absolute Gasteiger partial charge is 0.352 e. The second-order valence-electron chi connectivity index (χ2n) is 2.93. The molecular weight excluding hydrogens is 269 g/mol. The van der Waals surface area contributed by atoms with Crippen LogP contribution in [0.5, 0.6) is 11.5 Å². The minimum Gasteiger partial charge on any atom is -0.485 e. The fraction of sp³-hybridized carbons (Fsp3) is 0.400. The van der Waals surface area contributed by atoms with Crippen LogP contribution in [0.4, 0.5) is 5.69 Å². The third kappa shape index (κ3) is 3.94. The summed E-state index contributed by atoms with van der Waals surface area (Å²) in [6.07, 6.45) is 0. The molecule has 7 heteroatoms. The fourth-order valence-electron chi connectivity index (χ4n) is 1.21. The molecule has 0 bridgehead atoms. The van der Waals surface area contributed by atoms with Gasteiger partial charge in [-0.05, 0) is 12.1 Å². The van der Waals surface area contributed by atoms with E-state index in [1.807, 2.05) is 0 Å². The quantitative estimate of drug-likeness (QED) is 0.437. The van der Waals surface area contributed by atoms with Gasteiger partial charge in [-0.25, -0.2) is 0 Å². The van der Waals surface area contributed by atoms with E-state index in [9.17, 15) is 10.1 Å². The van der Waals surface area contributed by atoms with Crippen LogP contribution in [0.25, 0.3) is 0 Å². The molecule has 0 unspecified atom stereocenters. The molecule has 0 atom stereocenters. The Morgan fingerprint density at radius 3 is 1.94 bits per heavy atom. The van der Waals surface area contributed by atoms with E-state index in [0.29, 0.717) is 0 Å². The zero-order valence-corrected chi connectivity index (χ0v) is 10.4. The van der Waals surface area contributed by atoms with Gasteiger partial charge in [-0.1, -0.05) is 6.07 Å². The second kappa shape index (κ2) is 7.19. The van der Waals surface area contributed by atoms with Crippen molar-refractivity contribution in [1.82, 2.24) is 0 Å². The molecule has 94 valence electrons. The van der Waals surface area contributed by atoms with Crippen molar-refractivity contribution in [3.63, 3.8) is 0 Å². The van der Waals surface area contributed by atoms with E-state index in [0.717, 1.165) is 0 Å². The fourth-order valence-corrected chi connectivity index (χ4v) is 1.37. The highest BCUT2D eigenvalue weighted by Gasteiger charge is 2.22. The summed E-state index contributed by atoms with van der Waals surface area (Å²) in [5, 5.41) is 10.9. The van der Waals surface area contributed by atoms with Crippen molar-refractivity contribution in [2.75, 3.05) is 25.0 Å². The van der Waals surface area contributed by atoms with Crippen LogP contribution >= 0.6 is 23.2 Å². The second-order valence-corrected chi connectivity index (χ2v) is 3.69. The first kappa shape index (κ1) is 13.9. The van der Waals surface area contributed by atoms with Crippen LogP contribution in [-0.2, 0) is 0 Å². The van der Waals surface area contributed by atoms with Crippen LogP contribution in [0.1, 0.15) is 0 Å². The predicted molar refractivity (Wildman–Crippen MR) is 65.5 cm³/mol. The molecule has 1 aromatic carbocycles. The molecule has 0 amide bonds. The molecule has 0 fully saturated rings. The molecule has 0 aliphatic rings. The molecule has 1 aromatic rings. The average Bonchev–Trinajstić information content (AvgIpc) is 2.33. The largest absolute Gasteiger partial charge is 0.485 e. The highest BCUT2D eigenvalue weighted by Crippen LogP contribution is 2.36. The van der Waals surface area contributed by atoms with E-state index in [1.54, 1.807) is 6.07 Å². The van der Waals surface area contributed by atoms with Crippen LogP contribution in [-0.4, -0.2) is 29.9 Å². The number of hydrogen-bond donors (Lipinski definition) is 0. The van der Waals surface area contributed by atoms with E-state index < -0.39 is 4.92 Å². The van der Waals surface area contributed by atoms with Gasteiger partial charge in [0.05, 0.1) is 16.7 Å². The monoisotopic (exact) mass is 279 g/mol. The van der Waals surface area contributed by atoms with Crippen LogP contribution < -0.4 is 9.47 Å². The van der Waals surface area contributed by atoms with Gasteiger partial charge in [0.15, 0.2) is 0 Å². The first-order valence-corrected chi connectivity index (χ1v) is 5.92. The van der Waals surface area contributed by atoms with Crippen molar-refractivity contribution in [2.45, 2.75) is 0 Å². The number of halogens is 2. The molecule has 0 aliphatic carbocycles. The van der Waals surface area contributed by atoms with Gasteiger partial charge in [-0.3, -0.25) is 10.1 Å². The maximum atomic E-state index is 10.9. The lowest BCUT2D eigenvalue weighted by Gasteiger charge is -2.09. The van der Waals surface area contributed by atoms with Gasteiger partial charge in [0.1, 0.15) is 13.2 Å². The van der Waals surface area contributed by atoms with Gasteiger partial charge in [0, 0.05) is 0 Å². The van der Waals surface area contributed by atoms with Crippen LogP contribution in [0, 0.1) is 10.1 Å². The van der Waals surface area contributed by atoms with Gasteiger partial charge in [0.25, 0.3) is 0 Å². The first-order chi connectivity index (χ1) is 8.20. The third-order valence-electron chi connectivity index (χ3n) is 1.81. The molecule has 0 aromatic heterocycles.